The number of pyridine rings is 1. The van der Waals surface area contributed by atoms with Gasteiger partial charge < -0.3 is 10.6 Å². The second kappa shape index (κ2) is 5.37. The van der Waals surface area contributed by atoms with Gasteiger partial charge in [0.15, 0.2) is 5.17 Å². The van der Waals surface area contributed by atoms with Crippen LogP contribution >= 0.6 is 23.4 Å². The van der Waals surface area contributed by atoms with Crippen LogP contribution in [0.15, 0.2) is 23.3 Å². The molecule has 0 spiro atoms. The van der Waals surface area contributed by atoms with Gasteiger partial charge in [0.1, 0.15) is 5.15 Å². The third kappa shape index (κ3) is 3.34. The Balaban J connectivity index is 2.07. The highest BCUT2D eigenvalue weighted by molar-refractivity contribution is 8.14. The van der Waals surface area contributed by atoms with Gasteiger partial charge in [-0.05, 0) is 11.6 Å². The molecule has 2 amide bonds. The molecule has 0 atom stereocenters. The van der Waals surface area contributed by atoms with Gasteiger partial charge in [-0.1, -0.05) is 29.4 Å². The summed E-state index contributed by atoms with van der Waals surface area (Å²) in [6.07, 6.45) is 1.72. The number of amides is 2. The number of hydrogen-bond donors (Lipinski definition) is 1. The Morgan fingerprint density at radius 2 is 2.47 bits per heavy atom. The molecule has 90 valence electrons. The van der Waals surface area contributed by atoms with Crippen LogP contribution in [0.25, 0.3) is 0 Å². The number of aromatic nitrogens is 1. The Morgan fingerprint density at radius 1 is 1.65 bits per heavy atom. The summed E-state index contributed by atoms with van der Waals surface area (Å²) in [5.41, 5.74) is 6.07. The minimum absolute atomic E-state index is 0.468. The predicted octanol–water partition coefficient (Wildman–Crippen LogP) is 1.72. The lowest BCUT2D eigenvalue weighted by atomic mass is 10.7. The fraction of sp³-hybridized carbons (Fsp3) is 0.300. The molecule has 1 aliphatic heterocycles. The number of thioether (sulfide) groups is 1. The number of hydrogen-bond acceptors (Lipinski definition) is 3. The minimum atomic E-state index is -0.659. The van der Waals surface area contributed by atoms with Gasteiger partial charge >= 0.3 is 6.03 Å². The summed E-state index contributed by atoms with van der Waals surface area (Å²) in [5.74, 6) is 0.910. The van der Waals surface area contributed by atoms with Crippen molar-refractivity contribution < 1.29 is 4.79 Å². The zero-order chi connectivity index (χ0) is 12.3. The number of carbonyl (C=O) groups is 1. The van der Waals surface area contributed by atoms with E-state index in [1.807, 2.05) is 11.0 Å². The minimum Gasteiger partial charge on any atom is -0.350 e. The number of amidine groups is 1. The van der Waals surface area contributed by atoms with Crippen LogP contribution in [0.1, 0.15) is 5.56 Å². The van der Waals surface area contributed by atoms with Crippen LogP contribution in [0.5, 0.6) is 0 Å². The lowest BCUT2D eigenvalue weighted by Crippen LogP contribution is -2.25. The lowest BCUT2D eigenvalue weighted by molar-refractivity contribution is 0.256. The van der Waals surface area contributed by atoms with E-state index in [-0.39, 0.29) is 0 Å². The van der Waals surface area contributed by atoms with E-state index in [0.717, 1.165) is 17.9 Å². The van der Waals surface area contributed by atoms with Crippen LogP contribution in [-0.2, 0) is 6.54 Å². The van der Waals surface area contributed by atoms with Crippen molar-refractivity contribution in [3.05, 3.63) is 29.0 Å². The number of halogens is 1. The van der Waals surface area contributed by atoms with Crippen molar-refractivity contribution in [2.24, 2.45) is 10.7 Å². The van der Waals surface area contributed by atoms with Gasteiger partial charge in [-0.15, -0.1) is 0 Å². The van der Waals surface area contributed by atoms with E-state index in [1.54, 1.807) is 12.3 Å². The molecule has 0 unspecified atom stereocenters. The Bertz CT molecular complexity index is 448. The lowest BCUT2D eigenvalue weighted by Gasteiger charge is -2.16. The molecule has 1 aliphatic rings. The molecule has 7 heteroatoms. The van der Waals surface area contributed by atoms with Gasteiger partial charge in [0.05, 0.1) is 0 Å². The topological polar surface area (TPSA) is 71.6 Å². The third-order valence-electron chi connectivity index (χ3n) is 2.23. The Hall–Kier alpha value is -1.27. The molecular weight excluding hydrogens is 266 g/mol. The summed E-state index contributed by atoms with van der Waals surface area (Å²) in [4.78, 5) is 20.5. The average molecular weight is 277 g/mol. The quantitative estimate of drug-likeness (QED) is 0.659. The number of carbonyl (C=O) groups excluding carboxylic acids is 1. The molecule has 5 nitrogen and oxygen atoms in total. The van der Waals surface area contributed by atoms with Crippen molar-refractivity contribution in [2.45, 2.75) is 6.54 Å². The van der Waals surface area contributed by atoms with Gasteiger partial charge in [0.25, 0.3) is 0 Å². The summed E-state index contributed by atoms with van der Waals surface area (Å²) in [7, 11) is 0. The van der Waals surface area contributed by atoms with Crippen molar-refractivity contribution in [3.8, 4) is 0 Å². The van der Waals surface area contributed by atoms with Crippen LogP contribution in [0.2, 0.25) is 5.15 Å². The molecule has 1 saturated heterocycles. The summed E-state index contributed by atoms with van der Waals surface area (Å²) >= 11 is 7.24. The monoisotopic (exact) mass is 276 g/mol. The van der Waals surface area contributed by atoms with E-state index in [1.165, 1.54) is 11.8 Å². The normalized spacial score (nSPS) is 17.7. The number of urea groups is 1. The van der Waals surface area contributed by atoms with Crippen molar-refractivity contribution in [1.29, 1.82) is 0 Å². The van der Waals surface area contributed by atoms with Crippen LogP contribution in [0.4, 0.5) is 4.79 Å². The van der Waals surface area contributed by atoms with E-state index >= 15 is 0 Å². The molecule has 0 bridgehead atoms. The first kappa shape index (κ1) is 12.2. The maximum absolute atomic E-state index is 10.8. The summed E-state index contributed by atoms with van der Waals surface area (Å²) < 4.78 is 0. The Kier molecular flexibility index (Phi) is 3.86. The summed E-state index contributed by atoms with van der Waals surface area (Å²) in [6.45, 7) is 1.50. The average Bonchev–Trinajstić information content (AvgIpc) is 2.68. The third-order valence-corrected chi connectivity index (χ3v) is 3.45. The van der Waals surface area contributed by atoms with Gasteiger partial charge in [0.2, 0.25) is 0 Å². The van der Waals surface area contributed by atoms with Crippen molar-refractivity contribution in [1.82, 2.24) is 9.88 Å². The standard InChI is InChI=1S/C10H11ClN4OS/c11-8-2-1-7(5-13-8)6-15-3-4-17-10(15)14-9(12)16/h1-2,5H,3-4,6H2,(H2,12,16)/i1+1,2+1,5+1,6+1,7+1,8+1. The Labute approximate surface area is 108 Å². The maximum Gasteiger partial charge on any atom is 0.340 e. The molecule has 0 aromatic carbocycles. The van der Waals surface area contributed by atoms with Gasteiger partial charge in [-0.25, -0.2) is 9.78 Å². The van der Waals surface area contributed by atoms with E-state index in [4.69, 9.17) is 17.3 Å². The van der Waals surface area contributed by atoms with Crippen molar-refractivity contribution in [3.63, 3.8) is 0 Å². The Morgan fingerprint density at radius 3 is 3.12 bits per heavy atom. The van der Waals surface area contributed by atoms with Crippen molar-refractivity contribution >= 4 is 34.6 Å². The second-order valence-electron chi connectivity index (χ2n) is 3.49. The molecular formula is C10H11ClN4OS. The molecule has 2 N–H and O–H groups in total. The van der Waals surface area contributed by atoms with E-state index in [2.05, 4.69) is 9.98 Å². The van der Waals surface area contributed by atoms with Gasteiger partial charge in [-0.3, -0.25) is 0 Å². The van der Waals surface area contributed by atoms with Crippen molar-refractivity contribution in [2.75, 3.05) is 12.3 Å². The molecule has 2 heterocycles. The fourth-order valence-electron chi connectivity index (χ4n) is 1.50. The number of aliphatic imine (C=N–C) groups is 1. The summed E-state index contributed by atoms with van der Waals surface area (Å²) in [6, 6.07) is 2.99. The molecule has 2 rings (SSSR count). The number of nitrogens with zero attached hydrogens (tertiary/aromatic N) is 3. The van der Waals surface area contributed by atoms with E-state index < -0.39 is 6.03 Å². The molecule has 1 aromatic heterocycles. The van der Waals surface area contributed by atoms with E-state index in [9.17, 15) is 4.79 Å². The first-order valence-corrected chi connectivity index (χ1v) is 6.38. The van der Waals surface area contributed by atoms with Gasteiger partial charge in [-0.2, -0.15) is 4.99 Å². The second-order valence-corrected chi connectivity index (χ2v) is 4.94. The SMILES string of the molecule is NC(=O)N=C1SCCN1[13CH2][13c]1[13cH][13cH][13c](Cl)n[13cH]1. The number of rotatable bonds is 2. The van der Waals surface area contributed by atoms with Crippen LogP contribution in [-0.4, -0.2) is 33.4 Å². The fourth-order valence-corrected chi connectivity index (χ4v) is 2.60. The molecule has 1 fully saturated rings. The molecule has 17 heavy (non-hydrogen) atoms. The van der Waals surface area contributed by atoms with Crippen LogP contribution < -0.4 is 5.73 Å². The smallest absolute Gasteiger partial charge is 0.340 e. The number of nitrogens with two attached hydrogens (primary N) is 1. The highest BCUT2D eigenvalue weighted by Gasteiger charge is 2.20. The molecule has 0 aliphatic carbocycles. The molecule has 0 saturated carbocycles. The zero-order valence-electron chi connectivity index (χ0n) is 8.97. The largest absolute Gasteiger partial charge is 0.350 e. The zero-order valence-corrected chi connectivity index (χ0v) is 10.5. The number of primary amides is 1. The summed E-state index contributed by atoms with van der Waals surface area (Å²) in [5, 5.41) is 1.14. The first-order valence-electron chi connectivity index (χ1n) is 5.01. The van der Waals surface area contributed by atoms with Crippen LogP contribution in [0, 0.1) is 0 Å². The predicted molar refractivity (Wildman–Crippen MR) is 69.1 cm³/mol. The molecule has 0 radical (unpaired) electrons. The molecule has 1 aromatic rings. The van der Waals surface area contributed by atoms with Gasteiger partial charge in [0, 0.05) is 25.0 Å². The first-order chi connectivity index (χ1) is 8.15. The van der Waals surface area contributed by atoms with Crippen LogP contribution in [0.3, 0.4) is 0 Å². The van der Waals surface area contributed by atoms with E-state index in [0.29, 0.717) is 16.9 Å². The maximum atomic E-state index is 10.8. The highest BCUT2D eigenvalue weighted by atomic mass is 35.5. The highest BCUT2D eigenvalue weighted by Crippen LogP contribution is 2.20.